The highest BCUT2D eigenvalue weighted by Gasteiger charge is 2.17. The lowest BCUT2D eigenvalue weighted by atomic mass is 10.0. The summed E-state index contributed by atoms with van der Waals surface area (Å²) in [5.74, 6) is 2.49. The Bertz CT molecular complexity index is 1260. The van der Waals surface area contributed by atoms with Crippen molar-refractivity contribution in [2.75, 3.05) is 22.9 Å². The van der Waals surface area contributed by atoms with Crippen molar-refractivity contribution in [2.24, 2.45) is 11.5 Å². The Labute approximate surface area is 240 Å². The summed E-state index contributed by atoms with van der Waals surface area (Å²) in [5, 5.41) is 3.42. The number of nitrogens with zero attached hydrogens (tertiary/aromatic N) is 3. The number of nitrogens with one attached hydrogen (secondary N) is 1. The minimum absolute atomic E-state index is 0.123. The van der Waals surface area contributed by atoms with E-state index in [1.165, 1.54) is 0 Å². The van der Waals surface area contributed by atoms with Crippen LogP contribution in [-0.4, -0.2) is 24.1 Å². The zero-order chi connectivity index (χ0) is 28.7. The van der Waals surface area contributed by atoms with E-state index in [1.54, 1.807) is 6.08 Å². The lowest BCUT2D eigenvalue weighted by molar-refractivity contribution is 0.799. The highest BCUT2D eigenvalue weighted by atomic mass is 15.3. The first kappa shape index (κ1) is 30.3. The van der Waals surface area contributed by atoms with E-state index >= 15 is 0 Å². The summed E-state index contributed by atoms with van der Waals surface area (Å²) >= 11 is 0. The quantitative estimate of drug-likeness (QED) is 0.140. The Morgan fingerprint density at radius 3 is 2.20 bits per heavy atom. The Morgan fingerprint density at radius 2 is 1.65 bits per heavy atom. The molecule has 6 heteroatoms. The molecule has 3 rings (SSSR count). The molecule has 1 heterocycles. The molecule has 0 radical (unpaired) electrons. The van der Waals surface area contributed by atoms with Crippen LogP contribution in [0.5, 0.6) is 0 Å². The van der Waals surface area contributed by atoms with Crippen LogP contribution >= 0.6 is 0 Å². The summed E-state index contributed by atoms with van der Waals surface area (Å²) < 4.78 is 0. The van der Waals surface area contributed by atoms with Gasteiger partial charge in [-0.15, -0.1) is 0 Å². The number of hydrogen-bond acceptors (Lipinski definition) is 6. The van der Waals surface area contributed by atoms with Gasteiger partial charge >= 0.3 is 0 Å². The van der Waals surface area contributed by atoms with Crippen molar-refractivity contribution in [3.8, 4) is 11.1 Å². The fourth-order valence-corrected chi connectivity index (χ4v) is 4.48. The third kappa shape index (κ3) is 8.10. The first-order valence-electron chi connectivity index (χ1n) is 14.1. The highest BCUT2D eigenvalue weighted by Crippen LogP contribution is 2.31. The van der Waals surface area contributed by atoms with Gasteiger partial charge in [0.2, 0.25) is 0 Å². The average Bonchev–Trinajstić information content (AvgIpc) is 2.98. The molecule has 210 valence electrons. The summed E-state index contributed by atoms with van der Waals surface area (Å²) in [4.78, 5) is 8.89. The number of hydrogen-bond donors (Lipinski definition) is 3. The lowest BCUT2D eigenvalue weighted by Gasteiger charge is -2.29. The van der Waals surface area contributed by atoms with Gasteiger partial charge in [-0.3, -0.25) is 4.90 Å². The van der Waals surface area contributed by atoms with Crippen molar-refractivity contribution < 1.29 is 0 Å². The monoisotopic (exact) mass is 536 g/mol. The molecule has 0 bridgehead atoms. The molecular weight excluding hydrogens is 492 g/mol. The van der Waals surface area contributed by atoms with Crippen molar-refractivity contribution in [1.29, 1.82) is 0 Å². The minimum atomic E-state index is 0.123. The Kier molecular flexibility index (Phi) is 12.1. The van der Waals surface area contributed by atoms with Crippen LogP contribution in [0, 0.1) is 0 Å². The molecule has 1 atom stereocenters. The summed E-state index contributed by atoms with van der Waals surface area (Å²) in [6, 6.07) is 23.2. The molecule has 0 aliphatic rings. The van der Waals surface area contributed by atoms with Crippen LogP contribution < -0.4 is 26.6 Å². The topological polar surface area (TPSA) is 83.4 Å². The van der Waals surface area contributed by atoms with E-state index in [1.807, 2.05) is 35.4 Å². The number of allylic oxidation sites excluding steroid dienone is 3. The Hall–Kier alpha value is -4.29. The molecule has 0 spiro atoms. The van der Waals surface area contributed by atoms with Crippen molar-refractivity contribution in [2.45, 2.75) is 46.1 Å². The molecular formula is C34H44N6. The van der Waals surface area contributed by atoms with Crippen LogP contribution in [0.4, 0.5) is 17.2 Å². The molecule has 6 nitrogen and oxygen atoms in total. The third-order valence-electron chi connectivity index (χ3n) is 6.43. The van der Waals surface area contributed by atoms with Crippen LogP contribution in [0.15, 0.2) is 122 Å². The molecule has 0 amide bonds. The predicted octanol–water partition coefficient (Wildman–Crippen LogP) is 7.22. The van der Waals surface area contributed by atoms with Gasteiger partial charge in [0.1, 0.15) is 17.5 Å². The van der Waals surface area contributed by atoms with Gasteiger partial charge in [0.15, 0.2) is 0 Å². The number of rotatable bonds is 15. The number of aromatic nitrogens is 1. The largest absolute Gasteiger partial charge is 0.385 e. The zero-order valence-corrected chi connectivity index (χ0v) is 24.1. The standard InChI is InChI=1S/C34H44N6/c1-5-8-15-32(36)40(33(13-6-2)37-7-3)31-23-19-29(20-24-31)28-17-21-30(22-18-28)39(27(4)14-9-11-25-35)34-16-10-12-26-38-34/h6,9-10,12-24,26-27,37H,2,5,7-8,11,25,35-36H2,1,3-4H3/b14-9-,32-15+,33-13+. The van der Waals surface area contributed by atoms with E-state index in [-0.39, 0.29) is 6.04 Å². The second-order valence-corrected chi connectivity index (χ2v) is 9.47. The van der Waals surface area contributed by atoms with E-state index < -0.39 is 0 Å². The fraction of sp³-hybridized carbons (Fsp3) is 0.265. The molecule has 0 aliphatic carbocycles. The molecule has 0 aliphatic heterocycles. The summed E-state index contributed by atoms with van der Waals surface area (Å²) in [5.41, 5.74) is 16.6. The van der Waals surface area contributed by atoms with Crippen LogP contribution in [0.3, 0.4) is 0 Å². The van der Waals surface area contributed by atoms with E-state index in [0.717, 1.165) is 59.9 Å². The number of unbranched alkanes of at least 4 members (excludes halogenated alkanes) is 1. The Morgan fingerprint density at radius 1 is 0.975 bits per heavy atom. The van der Waals surface area contributed by atoms with E-state index in [4.69, 9.17) is 11.5 Å². The maximum Gasteiger partial charge on any atom is 0.133 e. The zero-order valence-electron chi connectivity index (χ0n) is 24.1. The minimum Gasteiger partial charge on any atom is -0.385 e. The highest BCUT2D eigenvalue weighted by molar-refractivity contribution is 5.71. The van der Waals surface area contributed by atoms with E-state index in [2.05, 4.69) is 109 Å². The second-order valence-electron chi connectivity index (χ2n) is 9.47. The van der Waals surface area contributed by atoms with Crippen molar-refractivity contribution in [1.82, 2.24) is 10.3 Å². The van der Waals surface area contributed by atoms with Crippen molar-refractivity contribution >= 4 is 17.2 Å². The molecule has 2 aromatic carbocycles. The van der Waals surface area contributed by atoms with Crippen molar-refractivity contribution in [3.05, 3.63) is 122 Å². The summed E-state index contributed by atoms with van der Waals surface area (Å²) in [7, 11) is 0. The van der Waals surface area contributed by atoms with Gasteiger partial charge in [-0.05, 0) is 92.9 Å². The summed E-state index contributed by atoms with van der Waals surface area (Å²) in [6.45, 7) is 11.7. The molecule has 0 fully saturated rings. The average molecular weight is 537 g/mol. The van der Waals surface area contributed by atoms with E-state index in [0.29, 0.717) is 12.4 Å². The number of benzene rings is 2. The van der Waals surface area contributed by atoms with Gasteiger partial charge in [-0.1, -0.05) is 68.5 Å². The van der Waals surface area contributed by atoms with Gasteiger partial charge in [0.25, 0.3) is 0 Å². The van der Waals surface area contributed by atoms with Gasteiger partial charge in [-0.2, -0.15) is 0 Å². The maximum absolute atomic E-state index is 6.55. The number of nitrogens with two attached hydrogens (primary N) is 2. The Balaban J connectivity index is 1.91. The normalized spacial score (nSPS) is 12.8. The van der Waals surface area contributed by atoms with Crippen LogP contribution in [-0.2, 0) is 0 Å². The van der Waals surface area contributed by atoms with E-state index in [9.17, 15) is 0 Å². The van der Waals surface area contributed by atoms with Gasteiger partial charge < -0.3 is 21.7 Å². The lowest BCUT2D eigenvalue weighted by Crippen LogP contribution is -2.34. The van der Waals surface area contributed by atoms with Gasteiger partial charge in [-0.25, -0.2) is 4.98 Å². The predicted molar refractivity (Wildman–Crippen MR) is 172 cm³/mol. The molecule has 0 saturated carbocycles. The molecule has 0 saturated heterocycles. The smallest absolute Gasteiger partial charge is 0.133 e. The molecule has 1 unspecified atom stereocenters. The third-order valence-corrected chi connectivity index (χ3v) is 6.43. The van der Waals surface area contributed by atoms with Crippen LogP contribution in [0.1, 0.15) is 40.0 Å². The fourth-order valence-electron chi connectivity index (χ4n) is 4.48. The summed E-state index contributed by atoms with van der Waals surface area (Å²) in [6.07, 6.45) is 14.7. The molecule has 5 N–H and O–H groups in total. The van der Waals surface area contributed by atoms with Crippen molar-refractivity contribution in [3.63, 3.8) is 0 Å². The molecule has 40 heavy (non-hydrogen) atoms. The first-order valence-corrected chi connectivity index (χ1v) is 14.1. The molecule has 1 aromatic heterocycles. The van der Waals surface area contributed by atoms with Gasteiger partial charge in [0.05, 0.1) is 6.04 Å². The first-order chi connectivity index (χ1) is 19.5. The maximum atomic E-state index is 6.55. The van der Waals surface area contributed by atoms with Crippen LogP contribution in [0.25, 0.3) is 11.1 Å². The van der Waals surface area contributed by atoms with Gasteiger partial charge in [0, 0.05) is 24.1 Å². The number of pyridine rings is 1. The van der Waals surface area contributed by atoms with Crippen LogP contribution in [0.2, 0.25) is 0 Å². The number of anilines is 3. The molecule has 3 aromatic rings. The SMILES string of the molecule is C=C/C=C(\NCC)N(/C(N)=C/CCC)c1ccc(-c2ccc(N(c3ccccn3)C(C)/C=C\CCN)cc2)cc1. The second kappa shape index (κ2) is 16.0.